The van der Waals surface area contributed by atoms with Gasteiger partial charge in [-0.2, -0.15) is 0 Å². The van der Waals surface area contributed by atoms with Crippen LogP contribution in [0.1, 0.15) is 62.2 Å². The zero-order chi connectivity index (χ0) is 16.5. The number of carbonyl (C=O) groups is 1. The fourth-order valence-electron chi connectivity index (χ4n) is 2.49. The van der Waals surface area contributed by atoms with Crippen molar-refractivity contribution < 1.29 is 13.6 Å². The zero-order valence-electron chi connectivity index (χ0n) is 13.5. The van der Waals surface area contributed by atoms with Gasteiger partial charge in [-0.25, -0.2) is 8.78 Å². The number of carbonyl (C=O) groups excluding carboxylic acids is 1. The van der Waals surface area contributed by atoms with E-state index in [1.807, 2.05) is 0 Å². The molecule has 1 rings (SSSR count). The van der Waals surface area contributed by atoms with Gasteiger partial charge in [-0.05, 0) is 18.6 Å². The maximum absolute atomic E-state index is 14.2. The van der Waals surface area contributed by atoms with Crippen molar-refractivity contribution in [3.8, 4) is 0 Å². The van der Waals surface area contributed by atoms with Crippen LogP contribution >= 0.6 is 0 Å². The smallest absolute Gasteiger partial charge is 0.254 e. The quantitative estimate of drug-likeness (QED) is 0.656. The highest BCUT2D eigenvalue weighted by atomic mass is 19.1. The summed E-state index contributed by atoms with van der Waals surface area (Å²) in [7, 11) is 1.73. The molecule has 0 aliphatic carbocycles. The van der Waals surface area contributed by atoms with Crippen LogP contribution in [0.4, 0.5) is 14.5 Å². The number of benzene rings is 1. The first-order valence-corrected chi connectivity index (χ1v) is 7.98. The SMILES string of the molecule is CCCCCCCCCN(C)c1ccc(F)c(C(N)=O)c1F. The summed E-state index contributed by atoms with van der Waals surface area (Å²) in [6.07, 6.45) is 8.19. The minimum atomic E-state index is -1.08. The van der Waals surface area contributed by atoms with Crippen LogP contribution in [0.3, 0.4) is 0 Å². The van der Waals surface area contributed by atoms with Gasteiger partial charge in [0.05, 0.1) is 5.69 Å². The van der Waals surface area contributed by atoms with E-state index >= 15 is 0 Å². The van der Waals surface area contributed by atoms with Crippen molar-refractivity contribution in [2.75, 3.05) is 18.5 Å². The number of hydrogen-bond donors (Lipinski definition) is 1. The van der Waals surface area contributed by atoms with Gasteiger partial charge in [-0.3, -0.25) is 4.79 Å². The van der Waals surface area contributed by atoms with Gasteiger partial charge in [-0.1, -0.05) is 45.4 Å². The third kappa shape index (κ3) is 5.28. The van der Waals surface area contributed by atoms with Crippen molar-refractivity contribution >= 4 is 11.6 Å². The zero-order valence-corrected chi connectivity index (χ0v) is 13.5. The normalized spacial score (nSPS) is 10.7. The predicted octanol–water partition coefficient (Wildman–Crippen LogP) is 4.25. The summed E-state index contributed by atoms with van der Waals surface area (Å²) >= 11 is 0. The molecule has 0 aromatic heterocycles. The van der Waals surface area contributed by atoms with Crippen molar-refractivity contribution in [3.05, 3.63) is 29.3 Å². The van der Waals surface area contributed by atoms with Crippen LogP contribution in [0, 0.1) is 11.6 Å². The van der Waals surface area contributed by atoms with Crippen LogP contribution in [-0.2, 0) is 0 Å². The summed E-state index contributed by atoms with van der Waals surface area (Å²) in [5.41, 5.74) is 4.57. The molecule has 0 aliphatic rings. The fraction of sp³-hybridized carbons (Fsp3) is 0.588. The molecule has 3 nitrogen and oxygen atoms in total. The van der Waals surface area contributed by atoms with E-state index in [1.165, 1.54) is 38.2 Å². The molecule has 0 saturated carbocycles. The van der Waals surface area contributed by atoms with E-state index in [1.54, 1.807) is 11.9 Å². The second-order valence-corrected chi connectivity index (χ2v) is 5.66. The number of rotatable bonds is 10. The van der Waals surface area contributed by atoms with Crippen molar-refractivity contribution in [2.24, 2.45) is 5.73 Å². The molecular formula is C17H26F2N2O. The van der Waals surface area contributed by atoms with Gasteiger partial charge in [0.1, 0.15) is 11.4 Å². The van der Waals surface area contributed by atoms with Gasteiger partial charge >= 0.3 is 0 Å². The molecule has 22 heavy (non-hydrogen) atoms. The monoisotopic (exact) mass is 312 g/mol. The van der Waals surface area contributed by atoms with Gasteiger partial charge in [0.2, 0.25) is 0 Å². The first-order chi connectivity index (χ1) is 10.5. The predicted molar refractivity (Wildman–Crippen MR) is 86.1 cm³/mol. The molecule has 0 radical (unpaired) electrons. The molecule has 0 aliphatic heterocycles. The first kappa shape index (κ1) is 18.4. The highest BCUT2D eigenvalue weighted by Crippen LogP contribution is 2.24. The number of unbranched alkanes of at least 4 members (excludes halogenated alkanes) is 6. The summed E-state index contributed by atoms with van der Waals surface area (Å²) in [6.45, 7) is 2.85. The molecule has 0 bridgehead atoms. The Morgan fingerprint density at radius 3 is 2.27 bits per heavy atom. The second-order valence-electron chi connectivity index (χ2n) is 5.66. The maximum Gasteiger partial charge on any atom is 0.254 e. The molecule has 2 N–H and O–H groups in total. The van der Waals surface area contributed by atoms with Crippen molar-refractivity contribution in [1.82, 2.24) is 0 Å². The maximum atomic E-state index is 14.2. The molecule has 0 spiro atoms. The lowest BCUT2D eigenvalue weighted by Crippen LogP contribution is -2.23. The third-order valence-corrected chi connectivity index (χ3v) is 3.83. The molecule has 0 heterocycles. The van der Waals surface area contributed by atoms with Crippen LogP contribution in [0.2, 0.25) is 0 Å². The third-order valence-electron chi connectivity index (χ3n) is 3.83. The van der Waals surface area contributed by atoms with Crippen molar-refractivity contribution in [1.29, 1.82) is 0 Å². The molecule has 5 heteroatoms. The Kier molecular flexibility index (Phi) is 7.85. The van der Waals surface area contributed by atoms with E-state index < -0.39 is 23.1 Å². The minimum Gasteiger partial charge on any atom is -0.372 e. The van der Waals surface area contributed by atoms with Gasteiger partial charge in [0, 0.05) is 13.6 Å². The topological polar surface area (TPSA) is 46.3 Å². The Hall–Kier alpha value is -1.65. The number of anilines is 1. The molecular weight excluding hydrogens is 286 g/mol. The number of hydrogen-bond acceptors (Lipinski definition) is 2. The lowest BCUT2D eigenvalue weighted by Gasteiger charge is -2.21. The minimum absolute atomic E-state index is 0.209. The van der Waals surface area contributed by atoms with E-state index in [-0.39, 0.29) is 5.69 Å². The largest absolute Gasteiger partial charge is 0.372 e. The number of halogens is 2. The van der Waals surface area contributed by atoms with E-state index in [2.05, 4.69) is 6.92 Å². The Bertz CT molecular complexity index is 492. The number of primary amides is 1. The van der Waals surface area contributed by atoms with Gasteiger partial charge in [0.25, 0.3) is 5.91 Å². The number of nitrogens with two attached hydrogens (primary N) is 1. The summed E-state index contributed by atoms with van der Waals surface area (Å²) in [5.74, 6) is -2.88. The Morgan fingerprint density at radius 1 is 1.09 bits per heavy atom. The molecule has 0 unspecified atom stereocenters. The van der Waals surface area contributed by atoms with Crippen LogP contribution < -0.4 is 10.6 Å². The van der Waals surface area contributed by atoms with Crippen LogP contribution in [0.5, 0.6) is 0 Å². The van der Waals surface area contributed by atoms with Gasteiger partial charge in [-0.15, -0.1) is 0 Å². The molecule has 0 atom stereocenters. The van der Waals surface area contributed by atoms with Crippen molar-refractivity contribution in [2.45, 2.75) is 51.9 Å². The van der Waals surface area contributed by atoms with Crippen LogP contribution in [0.25, 0.3) is 0 Å². The Balaban J connectivity index is 2.51. The van der Waals surface area contributed by atoms with E-state index in [4.69, 9.17) is 5.73 Å². The standard InChI is InChI=1S/C17H26F2N2O/c1-3-4-5-6-7-8-9-12-21(2)14-11-10-13(18)15(16(14)19)17(20)22/h10-11H,3-9,12H2,1-2H3,(H2,20,22). The highest BCUT2D eigenvalue weighted by Gasteiger charge is 2.19. The van der Waals surface area contributed by atoms with Gasteiger partial charge < -0.3 is 10.6 Å². The highest BCUT2D eigenvalue weighted by molar-refractivity contribution is 5.94. The van der Waals surface area contributed by atoms with Crippen LogP contribution in [-0.4, -0.2) is 19.5 Å². The van der Waals surface area contributed by atoms with E-state index in [0.717, 1.165) is 18.9 Å². The van der Waals surface area contributed by atoms with Gasteiger partial charge in [0.15, 0.2) is 5.82 Å². The summed E-state index contributed by atoms with van der Waals surface area (Å²) < 4.78 is 27.6. The summed E-state index contributed by atoms with van der Waals surface area (Å²) in [5, 5.41) is 0. The second kappa shape index (κ2) is 9.38. The average Bonchev–Trinajstić information content (AvgIpc) is 2.45. The molecule has 1 aromatic carbocycles. The Morgan fingerprint density at radius 2 is 1.68 bits per heavy atom. The number of nitrogens with zero attached hydrogens (tertiary/aromatic N) is 1. The molecule has 1 aromatic rings. The Labute approximate surface area is 131 Å². The fourth-order valence-corrected chi connectivity index (χ4v) is 2.49. The average molecular weight is 312 g/mol. The lowest BCUT2D eigenvalue weighted by molar-refractivity contribution is 0.0992. The number of amides is 1. The van der Waals surface area contributed by atoms with Crippen LogP contribution in [0.15, 0.2) is 12.1 Å². The van der Waals surface area contributed by atoms with Crippen molar-refractivity contribution in [3.63, 3.8) is 0 Å². The molecule has 0 fully saturated rings. The molecule has 124 valence electrons. The first-order valence-electron chi connectivity index (χ1n) is 7.98. The molecule has 1 amide bonds. The summed E-state index contributed by atoms with van der Waals surface area (Å²) in [6, 6.07) is 2.43. The molecule has 0 saturated heterocycles. The van der Waals surface area contributed by atoms with E-state index in [9.17, 15) is 13.6 Å². The summed E-state index contributed by atoms with van der Waals surface area (Å²) in [4.78, 5) is 12.8. The lowest BCUT2D eigenvalue weighted by atomic mass is 10.1. The van der Waals surface area contributed by atoms with E-state index in [0.29, 0.717) is 6.54 Å².